The molecule has 0 aliphatic carbocycles. The van der Waals surface area contributed by atoms with Crippen molar-refractivity contribution in [2.45, 2.75) is 0 Å². The Morgan fingerprint density at radius 2 is 0.740 bits per heavy atom. The molecule has 0 aliphatic rings. The molecule has 3 N–H and O–H groups in total. The molecule has 4 heterocycles. The Morgan fingerprint density at radius 1 is 0.342 bits per heavy atom. The van der Waals surface area contributed by atoms with Crippen LogP contribution < -0.4 is 20.9 Å². The van der Waals surface area contributed by atoms with Gasteiger partial charge in [-0.25, -0.2) is 0 Å². The lowest BCUT2D eigenvalue weighted by Gasteiger charge is -2.25. The van der Waals surface area contributed by atoms with Crippen LogP contribution in [-0.4, -0.2) is 0 Å². The number of nitrogens with one attached hydrogen (secondary N) is 1. The predicted octanol–water partition coefficient (Wildman–Crippen LogP) is 19.3. The predicted molar refractivity (Wildman–Crippen MR) is 302 cm³/mol. The summed E-state index contributed by atoms with van der Waals surface area (Å²) in [6, 6.07) is 80.8. The Hall–Kier alpha value is -9.63. The minimum Gasteiger partial charge on any atom is -0.462 e. The molecule has 14 rings (SSSR count). The van der Waals surface area contributed by atoms with Crippen LogP contribution in [0.25, 0.3) is 65.8 Å². The monoisotopic (exact) mass is 968 g/mol. The Morgan fingerprint density at radius 3 is 1.22 bits per heavy atom. The molecular formula is C64H45ClN4O4. The first-order valence-electron chi connectivity index (χ1n) is 23.9. The van der Waals surface area contributed by atoms with E-state index in [1.165, 1.54) is 0 Å². The van der Waals surface area contributed by atoms with Gasteiger partial charge in [-0.15, -0.1) is 0 Å². The SMILES string of the molecule is Clc1cc(N(c2ccccc2)c2coc3ccccc23)c2c(c1)oc1ccccc12.Nc1ccccc1.c1ccc(Nc2cc(N(c3ccccc3)c3coc4ccccc34)c3c(c2)oc2ccccc23)cc1. The van der Waals surface area contributed by atoms with Crippen LogP contribution in [0.15, 0.2) is 273 Å². The molecule has 8 nitrogen and oxygen atoms in total. The highest BCUT2D eigenvalue weighted by Crippen LogP contribution is 2.48. The first-order valence-corrected chi connectivity index (χ1v) is 24.2. The summed E-state index contributed by atoms with van der Waals surface area (Å²) in [4.78, 5) is 4.44. The van der Waals surface area contributed by atoms with Gasteiger partial charge in [0.1, 0.15) is 46.0 Å². The second kappa shape index (κ2) is 19.6. The van der Waals surface area contributed by atoms with Crippen molar-refractivity contribution in [3.8, 4) is 0 Å². The number of para-hydroxylation sites is 8. The Kier molecular flexibility index (Phi) is 12.0. The van der Waals surface area contributed by atoms with Gasteiger partial charge in [0.25, 0.3) is 0 Å². The summed E-state index contributed by atoms with van der Waals surface area (Å²) < 4.78 is 24.4. The smallest absolute Gasteiger partial charge is 0.139 e. The molecule has 73 heavy (non-hydrogen) atoms. The van der Waals surface area contributed by atoms with Crippen LogP contribution in [0.5, 0.6) is 0 Å². The molecule has 0 bridgehead atoms. The number of hydrogen-bond acceptors (Lipinski definition) is 8. The van der Waals surface area contributed by atoms with Gasteiger partial charge in [0.05, 0.1) is 33.5 Å². The molecule has 0 saturated heterocycles. The van der Waals surface area contributed by atoms with Crippen molar-refractivity contribution in [1.82, 2.24) is 0 Å². The highest BCUT2D eigenvalue weighted by atomic mass is 35.5. The Balaban J connectivity index is 0.000000133. The standard InChI is InChI=1S/C32H22N2O2.C26H16ClNO2.C6H7N/c1-3-11-22(12-4-1)33-23-19-27(32-26-16-8-10-18-30(26)36-31(32)20-23)34(24-13-5-2-6-14-24)28-21-35-29-17-9-7-15-25(28)29;27-17-14-21(26-20-11-5-7-13-24(20)30-25(26)15-17)28(18-8-2-1-3-9-18)22-16-29-23-12-6-4-10-19(22)23;7-6-4-2-1-3-5-6/h1-21,33H;1-16H;1-5H,7H2. The maximum Gasteiger partial charge on any atom is 0.139 e. The van der Waals surface area contributed by atoms with Crippen LogP contribution in [0.1, 0.15) is 0 Å². The molecule has 0 atom stereocenters. The molecule has 0 aliphatic heterocycles. The number of hydrogen-bond donors (Lipinski definition) is 2. The van der Waals surface area contributed by atoms with Gasteiger partial charge in [-0.05, 0) is 97.1 Å². The molecule has 0 unspecified atom stereocenters. The minimum atomic E-state index is 0.616. The van der Waals surface area contributed by atoms with E-state index >= 15 is 0 Å². The first-order chi connectivity index (χ1) is 36.0. The van der Waals surface area contributed by atoms with Crippen LogP contribution in [0.4, 0.5) is 51.2 Å². The van der Waals surface area contributed by atoms with Crippen molar-refractivity contribution < 1.29 is 17.7 Å². The lowest BCUT2D eigenvalue weighted by atomic mass is 10.1. The van der Waals surface area contributed by atoms with Crippen LogP contribution in [-0.2, 0) is 0 Å². The molecule has 0 saturated carbocycles. The number of anilines is 9. The molecule has 0 radical (unpaired) electrons. The fourth-order valence-electron chi connectivity index (χ4n) is 9.44. The highest BCUT2D eigenvalue weighted by molar-refractivity contribution is 6.32. The van der Waals surface area contributed by atoms with E-state index in [0.717, 1.165) is 117 Å². The van der Waals surface area contributed by atoms with E-state index in [4.69, 9.17) is 35.0 Å². The second-order valence-corrected chi connectivity index (χ2v) is 17.8. The number of furan rings is 4. The number of fused-ring (bicyclic) bond motifs is 8. The first kappa shape index (κ1) is 44.6. The average molecular weight is 970 g/mol. The van der Waals surface area contributed by atoms with E-state index in [9.17, 15) is 0 Å². The van der Waals surface area contributed by atoms with E-state index in [1.807, 2.05) is 158 Å². The zero-order valence-corrected chi connectivity index (χ0v) is 40.0. The third-order valence-electron chi connectivity index (χ3n) is 12.7. The quantitative estimate of drug-likeness (QED) is 0.145. The molecule has 0 amide bonds. The van der Waals surface area contributed by atoms with E-state index in [-0.39, 0.29) is 0 Å². The summed E-state index contributed by atoms with van der Waals surface area (Å²) >= 11 is 6.55. The highest BCUT2D eigenvalue weighted by Gasteiger charge is 2.25. The van der Waals surface area contributed by atoms with E-state index in [1.54, 1.807) is 6.26 Å². The maximum atomic E-state index is 6.55. The van der Waals surface area contributed by atoms with Crippen LogP contribution >= 0.6 is 11.6 Å². The van der Waals surface area contributed by atoms with E-state index in [0.29, 0.717) is 5.02 Å². The van der Waals surface area contributed by atoms with Gasteiger partial charge in [0, 0.05) is 67.1 Å². The molecule has 14 aromatic rings. The van der Waals surface area contributed by atoms with E-state index < -0.39 is 0 Å². The zero-order chi connectivity index (χ0) is 49.1. The summed E-state index contributed by atoms with van der Waals surface area (Å²) in [5.74, 6) is 0. The normalized spacial score (nSPS) is 11.1. The fourth-order valence-corrected chi connectivity index (χ4v) is 9.64. The lowest BCUT2D eigenvalue weighted by molar-refractivity contribution is 0.616. The summed E-state index contributed by atoms with van der Waals surface area (Å²) in [7, 11) is 0. The van der Waals surface area contributed by atoms with Gasteiger partial charge < -0.3 is 38.5 Å². The average Bonchev–Trinajstić information content (AvgIpc) is 4.24. The van der Waals surface area contributed by atoms with Crippen molar-refractivity contribution in [1.29, 1.82) is 0 Å². The van der Waals surface area contributed by atoms with Gasteiger partial charge in [0.2, 0.25) is 0 Å². The number of nitrogen functional groups attached to an aromatic ring is 1. The van der Waals surface area contributed by atoms with E-state index in [2.05, 4.69) is 106 Å². The Bertz CT molecular complexity index is 4170. The molecule has 4 aromatic heterocycles. The zero-order valence-electron chi connectivity index (χ0n) is 39.2. The number of rotatable bonds is 8. The summed E-state index contributed by atoms with van der Waals surface area (Å²) in [5, 5.41) is 10.4. The van der Waals surface area contributed by atoms with Crippen molar-refractivity contribution in [2.75, 3.05) is 20.9 Å². The van der Waals surface area contributed by atoms with Gasteiger partial charge in [-0.2, -0.15) is 0 Å². The van der Waals surface area contributed by atoms with Gasteiger partial charge >= 0.3 is 0 Å². The topological polar surface area (TPSA) is 97.1 Å². The van der Waals surface area contributed by atoms with Crippen molar-refractivity contribution in [3.05, 3.63) is 260 Å². The van der Waals surface area contributed by atoms with Crippen LogP contribution in [0.2, 0.25) is 5.02 Å². The molecular weight excluding hydrogens is 924 g/mol. The van der Waals surface area contributed by atoms with Gasteiger partial charge in [-0.3, -0.25) is 0 Å². The van der Waals surface area contributed by atoms with Gasteiger partial charge in [-0.1, -0.05) is 145 Å². The number of benzene rings is 10. The minimum absolute atomic E-state index is 0.616. The van der Waals surface area contributed by atoms with Crippen molar-refractivity contribution in [2.24, 2.45) is 0 Å². The molecule has 0 spiro atoms. The second-order valence-electron chi connectivity index (χ2n) is 17.3. The number of nitrogens with zero attached hydrogens (tertiary/aromatic N) is 2. The largest absolute Gasteiger partial charge is 0.462 e. The van der Waals surface area contributed by atoms with Crippen LogP contribution in [0.3, 0.4) is 0 Å². The Labute approximate surface area is 425 Å². The van der Waals surface area contributed by atoms with Crippen molar-refractivity contribution >= 4 is 129 Å². The third kappa shape index (κ3) is 8.84. The van der Waals surface area contributed by atoms with Crippen LogP contribution in [0, 0.1) is 0 Å². The summed E-state index contributed by atoms with van der Waals surface area (Å²) in [5.41, 5.74) is 19.0. The van der Waals surface area contributed by atoms with Gasteiger partial charge in [0.15, 0.2) is 0 Å². The third-order valence-corrected chi connectivity index (χ3v) is 12.9. The summed E-state index contributed by atoms with van der Waals surface area (Å²) in [6.07, 6.45) is 3.63. The fraction of sp³-hybridized carbons (Fsp3) is 0. The number of nitrogens with two attached hydrogens (primary N) is 1. The van der Waals surface area contributed by atoms with Crippen molar-refractivity contribution in [3.63, 3.8) is 0 Å². The molecule has 0 fully saturated rings. The number of halogens is 1. The molecule has 9 heteroatoms. The molecule has 10 aromatic carbocycles. The maximum absolute atomic E-state index is 6.55. The lowest BCUT2D eigenvalue weighted by Crippen LogP contribution is -2.10. The summed E-state index contributed by atoms with van der Waals surface area (Å²) in [6.45, 7) is 0. The molecule has 352 valence electrons.